The van der Waals surface area contributed by atoms with E-state index in [4.69, 9.17) is 8.37 Å². The lowest BCUT2D eigenvalue weighted by Gasteiger charge is -2.35. The maximum Gasteiger partial charge on any atom is 0.390 e. The van der Waals surface area contributed by atoms with Gasteiger partial charge in [-0.05, 0) is 75.7 Å². The van der Waals surface area contributed by atoms with Crippen LogP contribution >= 0.6 is 10.3 Å². The second-order valence-electron chi connectivity index (χ2n) is 8.61. The summed E-state index contributed by atoms with van der Waals surface area (Å²) in [6.07, 6.45) is 1.38. The molecule has 0 saturated heterocycles. The highest BCUT2D eigenvalue weighted by Gasteiger charge is 2.42. The van der Waals surface area contributed by atoms with E-state index in [0.29, 0.717) is 6.42 Å². The quantitative estimate of drug-likeness (QED) is 0.242. The van der Waals surface area contributed by atoms with Gasteiger partial charge >= 0.3 is 10.1 Å². The lowest BCUT2D eigenvalue weighted by Crippen LogP contribution is -2.23. The summed E-state index contributed by atoms with van der Waals surface area (Å²) >= 11 is 0. The maximum absolute atomic E-state index is 13.2. The minimum atomic E-state index is -3.65. The third-order valence-corrected chi connectivity index (χ3v) is 10.2. The summed E-state index contributed by atoms with van der Waals surface area (Å²) in [5.41, 5.74) is -0.321. The van der Waals surface area contributed by atoms with Crippen molar-refractivity contribution in [1.82, 2.24) is 0 Å². The minimum absolute atomic E-state index is 0.0448. The van der Waals surface area contributed by atoms with Crippen molar-refractivity contribution in [3.63, 3.8) is 0 Å². The van der Waals surface area contributed by atoms with Crippen LogP contribution in [0.2, 0.25) is 0 Å². The van der Waals surface area contributed by atoms with Gasteiger partial charge in [-0.3, -0.25) is 3.63 Å². The number of benzene rings is 3. The van der Waals surface area contributed by atoms with Crippen LogP contribution in [0, 0.1) is 0 Å². The van der Waals surface area contributed by atoms with Gasteiger partial charge in [0, 0.05) is 0 Å². The van der Waals surface area contributed by atoms with Gasteiger partial charge in [-0.15, -0.1) is 0 Å². The first-order chi connectivity index (χ1) is 15.2. The van der Waals surface area contributed by atoms with Gasteiger partial charge in [0.25, 0.3) is 0 Å². The molecule has 0 heterocycles. The predicted molar refractivity (Wildman–Crippen MR) is 133 cm³/mol. The highest BCUT2D eigenvalue weighted by Crippen LogP contribution is 2.68. The molecule has 6 heteroatoms. The summed E-state index contributed by atoms with van der Waals surface area (Å²) in [4.78, 5) is 2.63. The van der Waals surface area contributed by atoms with Crippen molar-refractivity contribution in [2.24, 2.45) is 0 Å². The van der Waals surface area contributed by atoms with Crippen LogP contribution in [-0.4, -0.2) is 23.4 Å². The zero-order valence-electron chi connectivity index (χ0n) is 19.2. The zero-order chi connectivity index (χ0) is 23.2. The van der Waals surface area contributed by atoms with Crippen molar-refractivity contribution in [2.45, 2.75) is 60.8 Å². The summed E-state index contributed by atoms with van der Waals surface area (Å²) < 4.78 is 37.1. The predicted octanol–water partition coefficient (Wildman–Crippen LogP) is 7.28. The van der Waals surface area contributed by atoms with Crippen molar-refractivity contribution >= 4 is 20.4 Å². The Morgan fingerprint density at radius 1 is 0.750 bits per heavy atom. The maximum atomic E-state index is 13.2. The number of rotatable bonds is 9. The second-order valence-corrected chi connectivity index (χ2v) is 13.3. The van der Waals surface area contributed by atoms with E-state index < -0.39 is 20.4 Å². The van der Waals surface area contributed by atoms with Crippen LogP contribution in [0.1, 0.15) is 40.5 Å². The molecule has 172 valence electrons. The molecule has 3 aromatic rings. The van der Waals surface area contributed by atoms with Gasteiger partial charge in [0.15, 0.2) is 0 Å². The van der Waals surface area contributed by atoms with Gasteiger partial charge in [-0.25, -0.2) is 0 Å². The van der Waals surface area contributed by atoms with Crippen LogP contribution in [-0.2, 0) is 10.1 Å². The van der Waals surface area contributed by atoms with Crippen LogP contribution in [0.25, 0.3) is 0 Å². The zero-order valence-corrected chi connectivity index (χ0v) is 20.8. The van der Waals surface area contributed by atoms with E-state index in [1.54, 1.807) is 0 Å². The van der Waals surface area contributed by atoms with Crippen molar-refractivity contribution in [1.29, 1.82) is 0 Å². The molecule has 0 radical (unpaired) electrons. The SMILES string of the molecule is CCCCS(=O)(=O)[OH+]S(c1ccccc1)(c1ccccc1)c1ccc(OC(C)(C)C)cc1. The molecule has 0 spiro atoms. The summed E-state index contributed by atoms with van der Waals surface area (Å²) in [5.74, 6) is 0.785. The molecule has 0 atom stereocenters. The second kappa shape index (κ2) is 10.1. The molecule has 3 aromatic carbocycles. The summed E-state index contributed by atoms with van der Waals surface area (Å²) in [7, 11) is -6.05. The molecule has 0 aliphatic carbocycles. The van der Waals surface area contributed by atoms with Gasteiger partial charge in [0.1, 0.15) is 17.1 Å². The molecular formula is C26H33O4S2+. The lowest BCUT2D eigenvalue weighted by atomic mass is 10.2. The van der Waals surface area contributed by atoms with Gasteiger partial charge in [0.2, 0.25) is 0 Å². The molecule has 3 rings (SSSR count). The number of ether oxygens (including phenoxy) is 1. The molecule has 0 aliphatic heterocycles. The Hall–Kier alpha value is -2.28. The normalized spacial score (nSPS) is 13.0. The van der Waals surface area contributed by atoms with Gasteiger partial charge in [-0.2, -0.15) is 8.42 Å². The molecule has 4 nitrogen and oxygen atoms in total. The van der Waals surface area contributed by atoms with Crippen LogP contribution in [0.15, 0.2) is 99.6 Å². The van der Waals surface area contributed by atoms with E-state index in [0.717, 1.165) is 26.9 Å². The molecule has 0 amide bonds. The standard InChI is InChI=1S/C26H32O4S2/c1-5-6-21-31(27,28)30-32(23-13-9-7-10-14-23,24-15-11-8-12-16-24)25-19-17-22(18-20-25)29-26(2,3)4/h7-20H,5-6,21H2,1-4H3/p+1. The highest BCUT2D eigenvalue weighted by molar-refractivity contribution is 8.32. The first-order valence-electron chi connectivity index (χ1n) is 10.9. The fourth-order valence-electron chi connectivity index (χ4n) is 3.36. The summed E-state index contributed by atoms with van der Waals surface area (Å²) in [6.45, 7) is 7.98. The fourth-order valence-corrected chi connectivity index (χ4v) is 9.16. The first kappa shape index (κ1) is 24.4. The van der Waals surface area contributed by atoms with Crippen LogP contribution < -0.4 is 4.74 Å². The van der Waals surface area contributed by atoms with Crippen LogP contribution in [0.5, 0.6) is 5.75 Å². The fraction of sp³-hybridized carbons (Fsp3) is 0.308. The smallest absolute Gasteiger partial charge is 0.390 e. The number of hydrogen-bond donors (Lipinski definition) is 0. The van der Waals surface area contributed by atoms with Gasteiger partial charge in [0.05, 0.1) is 25.0 Å². The van der Waals surface area contributed by atoms with Crippen molar-refractivity contribution in [3.05, 3.63) is 84.9 Å². The lowest BCUT2D eigenvalue weighted by molar-refractivity contribution is 0.131. The topological polar surface area (TPSA) is 56.2 Å². The monoisotopic (exact) mass is 473 g/mol. The Morgan fingerprint density at radius 2 is 1.22 bits per heavy atom. The largest absolute Gasteiger partial charge is 0.488 e. The summed E-state index contributed by atoms with van der Waals surface area (Å²) in [6, 6.07) is 27.2. The third kappa shape index (κ3) is 5.94. The van der Waals surface area contributed by atoms with Gasteiger partial charge in [-0.1, -0.05) is 49.7 Å². The Kier molecular flexibility index (Phi) is 7.70. The van der Waals surface area contributed by atoms with E-state index in [-0.39, 0.29) is 11.4 Å². The molecule has 0 saturated carbocycles. The molecule has 0 aliphatic rings. The van der Waals surface area contributed by atoms with E-state index in [1.807, 2.05) is 113 Å². The Labute approximate surface area is 194 Å². The Balaban J connectivity index is 2.22. The molecule has 0 fully saturated rings. The van der Waals surface area contributed by atoms with E-state index >= 15 is 0 Å². The highest BCUT2D eigenvalue weighted by atomic mass is 32.3. The van der Waals surface area contributed by atoms with Crippen molar-refractivity contribution < 1.29 is 16.8 Å². The molecule has 0 unspecified atom stereocenters. The summed E-state index contributed by atoms with van der Waals surface area (Å²) in [5, 5.41) is 0. The van der Waals surface area contributed by atoms with E-state index in [1.165, 1.54) is 0 Å². The average Bonchev–Trinajstić information content (AvgIpc) is 2.77. The van der Waals surface area contributed by atoms with E-state index in [2.05, 4.69) is 0 Å². The number of unbranched alkanes of at least 4 members (excludes halogenated alkanes) is 1. The third-order valence-electron chi connectivity index (χ3n) is 4.74. The van der Waals surface area contributed by atoms with E-state index in [9.17, 15) is 8.42 Å². The van der Waals surface area contributed by atoms with Crippen LogP contribution in [0.4, 0.5) is 0 Å². The number of hydrogen-bond acceptors (Lipinski definition) is 3. The molecule has 1 N–H and O–H groups in total. The van der Waals surface area contributed by atoms with Crippen molar-refractivity contribution in [3.8, 4) is 5.75 Å². The Bertz CT molecular complexity index is 1050. The minimum Gasteiger partial charge on any atom is -0.488 e. The molecule has 0 aromatic heterocycles. The van der Waals surface area contributed by atoms with Crippen LogP contribution in [0.3, 0.4) is 0 Å². The Morgan fingerprint density at radius 3 is 1.66 bits per heavy atom. The molecular weight excluding hydrogens is 440 g/mol. The first-order valence-corrected chi connectivity index (χ1v) is 14.1. The molecule has 0 bridgehead atoms. The average molecular weight is 474 g/mol. The molecule has 32 heavy (non-hydrogen) atoms. The van der Waals surface area contributed by atoms with Gasteiger partial charge < -0.3 is 4.74 Å². The van der Waals surface area contributed by atoms with Crippen molar-refractivity contribution in [2.75, 3.05) is 5.75 Å².